The number of nitrogens with one attached hydrogen (secondary N) is 1. The molecule has 8 heteroatoms. The molecular formula is C14H22N4O3S. The molecule has 1 aromatic rings. The SMILES string of the molecule is CCS(=O)(=O)N1CCN(C(=O)NC(C)c2cccnc2)CC1. The molecular weight excluding hydrogens is 304 g/mol. The first-order chi connectivity index (χ1) is 10.4. The third kappa shape index (κ3) is 3.95. The molecule has 122 valence electrons. The van der Waals surface area contributed by atoms with Gasteiger partial charge >= 0.3 is 6.03 Å². The van der Waals surface area contributed by atoms with E-state index < -0.39 is 10.0 Å². The first-order valence-electron chi connectivity index (χ1n) is 7.37. The van der Waals surface area contributed by atoms with Crippen LogP contribution in [0.1, 0.15) is 25.5 Å². The Hall–Kier alpha value is -1.67. The van der Waals surface area contributed by atoms with Gasteiger partial charge in [0.25, 0.3) is 0 Å². The number of rotatable bonds is 4. The van der Waals surface area contributed by atoms with Crippen LogP contribution in [0.15, 0.2) is 24.5 Å². The molecule has 0 saturated carbocycles. The van der Waals surface area contributed by atoms with E-state index in [1.54, 1.807) is 24.2 Å². The number of piperazine rings is 1. The molecule has 1 aliphatic heterocycles. The van der Waals surface area contributed by atoms with Gasteiger partial charge in [0, 0.05) is 38.6 Å². The van der Waals surface area contributed by atoms with Crippen molar-refractivity contribution in [3.05, 3.63) is 30.1 Å². The lowest BCUT2D eigenvalue weighted by Gasteiger charge is -2.34. The highest BCUT2D eigenvalue weighted by Crippen LogP contribution is 2.12. The normalized spacial score (nSPS) is 18.0. The third-order valence-corrected chi connectivity index (χ3v) is 5.69. The lowest BCUT2D eigenvalue weighted by atomic mass is 10.1. The molecule has 1 aromatic heterocycles. The average molecular weight is 326 g/mol. The van der Waals surface area contributed by atoms with Crippen molar-refractivity contribution in [2.45, 2.75) is 19.9 Å². The maximum absolute atomic E-state index is 12.2. The highest BCUT2D eigenvalue weighted by Gasteiger charge is 2.28. The number of aromatic nitrogens is 1. The Bertz CT molecular complexity index is 598. The van der Waals surface area contributed by atoms with Crippen molar-refractivity contribution in [3.8, 4) is 0 Å². The van der Waals surface area contributed by atoms with Gasteiger partial charge in [0.1, 0.15) is 0 Å². The molecule has 2 amide bonds. The second-order valence-corrected chi connectivity index (χ2v) is 7.50. The van der Waals surface area contributed by atoms with Crippen LogP contribution in [0.2, 0.25) is 0 Å². The Morgan fingerprint density at radius 1 is 1.36 bits per heavy atom. The second-order valence-electron chi connectivity index (χ2n) is 5.24. The molecule has 2 rings (SSSR count). The molecule has 0 spiro atoms. The first-order valence-corrected chi connectivity index (χ1v) is 8.98. The predicted octanol–water partition coefficient (Wildman–Crippen LogP) is 0.819. The molecule has 0 radical (unpaired) electrons. The molecule has 0 bridgehead atoms. The summed E-state index contributed by atoms with van der Waals surface area (Å²) in [7, 11) is -3.17. The van der Waals surface area contributed by atoms with Gasteiger partial charge in [0.05, 0.1) is 11.8 Å². The van der Waals surface area contributed by atoms with Crippen LogP contribution >= 0.6 is 0 Å². The van der Waals surface area contributed by atoms with Crippen molar-refractivity contribution in [3.63, 3.8) is 0 Å². The van der Waals surface area contributed by atoms with Gasteiger partial charge in [-0.05, 0) is 25.5 Å². The van der Waals surface area contributed by atoms with E-state index in [2.05, 4.69) is 10.3 Å². The maximum Gasteiger partial charge on any atom is 0.317 e. The molecule has 1 unspecified atom stereocenters. The van der Waals surface area contributed by atoms with E-state index in [-0.39, 0.29) is 17.8 Å². The molecule has 1 fully saturated rings. The lowest BCUT2D eigenvalue weighted by Crippen LogP contribution is -2.53. The van der Waals surface area contributed by atoms with Gasteiger partial charge in [0.15, 0.2) is 0 Å². The first kappa shape index (κ1) is 16.7. The number of sulfonamides is 1. The van der Waals surface area contributed by atoms with Crippen LogP contribution in [0.5, 0.6) is 0 Å². The average Bonchev–Trinajstić information content (AvgIpc) is 2.55. The number of carbonyl (C=O) groups is 1. The maximum atomic E-state index is 12.2. The molecule has 22 heavy (non-hydrogen) atoms. The zero-order chi connectivity index (χ0) is 16.2. The minimum atomic E-state index is -3.17. The summed E-state index contributed by atoms with van der Waals surface area (Å²) in [4.78, 5) is 17.9. The summed E-state index contributed by atoms with van der Waals surface area (Å²) in [6, 6.07) is 3.42. The summed E-state index contributed by atoms with van der Waals surface area (Å²) in [6.07, 6.45) is 3.40. The minimum absolute atomic E-state index is 0.0945. The number of carbonyl (C=O) groups excluding carboxylic acids is 1. The van der Waals surface area contributed by atoms with Crippen molar-refractivity contribution >= 4 is 16.1 Å². The Labute approximate surface area is 131 Å². The third-order valence-electron chi connectivity index (χ3n) is 3.81. The van der Waals surface area contributed by atoms with Crippen LogP contribution < -0.4 is 5.32 Å². The Morgan fingerprint density at radius 3 is 2.59 bits per heavy atom. The zero-order valence-corrected chi connectivity index (χ0v) is 13.7. The van der Waals surface area contributed by atoms with Gasteiger partial charge in [-0.3, -0.25) is 4.98 Å². The lowest BCUT2D eigenvalue weighted by molar-refractivity contribution is 0.169. The Morgan fingerprint density at radius 2 is 2.05 bits per heavy atom. The molecule has 1 N–H and O–H groups in total. The zero-order valence-electron chi connectivity index (χ0n) is 12.9. The molecule has 1 saturated heterocycles. The molecule has 2 heterocycles. The minimum Gasteiger partial charge on any atom is -0.331 e. The largest absolute Gasteiger partial charge is 0.331 e. The second kappa shape index (κ2) is 7.06. The van der Waals surface area contributed by atoms with Gasteiger partial charge in [-0.25, -0.2) is 13.2 Å². The molecule has 1 atom stereocenters. The number of hydrogen-bond acceptors (Lipinski definition) is 4. The van der Waals surface area contributed by atoms with E-state index in [0.29, 0.717) is 26.2 Å². The number of pyridine rings is 1. The summed E-state index contributed by atoms with van der Waals surface area (Å²) in [5, 5.41) is 2.91. The van der Waals surface area contributed by atoms with Gasteiger partial charge in [-0.1, -0.05) is 6.07 Å². The Balaban J connectivity index is 1.88. The quantitative estimate of drug-likeness (QED) is 0.888. The number of nitrogens with zero attached hydrogens (tertiary/aromatic N) is 3. The molecule has 0 aromatic carbocycles. The fraction of sp³-hybridized carbons (Fsp3) is 0.571. The molecule has 1 aliphatic rings. The van der Waals surface area contributed by atoms with Gasteiger partial charge in [-0.2, -0.15) is 4.31 Å². The van der Waals surface area contributed by atoms with Crippen LogP contribution in [0.3, 0.4) is 0 Å². The van der Waals surface area contributed by atoms with E-state index in [4.69, 9.17) is 0 Å². The Kier molecular flexibility index (Phi) is 5.36. The van der Waals surface area contributed by atoms with E-state index in [1.807, 2.05) is 19.1 Å². The summed E-state index contributed by atoms with van der Waals surface area (Å²) in [6.45, 7) is 5.04. The van der Waals surface area contributed by atoms with E-state index in [9.17, 15) is 13.2 Å². The van der Waals surface area contributed by atoms with Crippen molar-refractivity contribution < 1.29 is 13.2 Å². The van der Waals surface area contributed by atoms with Gasteiger partial charge < -0.3 is 10.2 Å². The van der Waals surface area contributed by atoms with Crippen LogP contribution in [0.4, 0.5) is 4.79 Å². The van der Waals surface area contributed by atoms with Crippen molar-refractivity contribution in [2.24, 2.45) is 0 Å². The van der Waals surface area contributed by atoms with Gasteiger partial charge in [0.2, 0.25) is 10.0 Å². The standard InChI is InChI=1S/C14H22N4O3S/c1-3-22(20,21)18-9-7-17(8-10-18)14(19)16-12(2)13-5-4-6-15-11-13/h4-6,11-12H,3,7-10H2,1-2H3,(H,16,19). The monoisotopic (exact) mass is 326 g/mol. The van der Waals surface area contributed by atoms with Crippen LogP contribution in [-0.2, 0) is 10.0 Å². The fourth-order valence-corrected chi connectivity index (χ4v) is 3.43. The van der Waals surface area contributed by atoms with Crippen molar-refractivity contribution in [1.82, 2.24) is 19.5 Å². The predicted molar refractivity (Wildman–Crippen MR) is 83.8 cm³/mol. The topological polar surface area (TPSA) is 82.6 Å². The van der Waals surface area contributed by atoms with E-state index in [0.717, 1.165) is 5.56 Å². The van der Waals surface area contributed by atoms with Crippen molar-refractivity contribution in [1.29, 1.82) is 0 Å². The van der Waals surface area contributed by atoms with Gasteiger partial charge in [-0.15, -0.1) is 0 Å². The summed E-state index contributed by atoms with van der Waals surface area (Å²) in [5.74, 6) is 0.0945. The number of hydrogen-bond donors (Lipinski definition) is 1. The van der Waals surface area contributed by atoms with E-state index in [1.165, 1.54) is 4.31 Å². The number of amides is 2. The van der Waals surface area contributed by atoms with Crippen LogP contribution in [-0.4, -0.2) is 60.6 Å². The number of urea groups is 1. The molecule has 0 aliphatic carbocycles. The van der Waals surface area contributed by atoms with E-state index >= 15 is 0 Å². The highest BCUT2D eigenvalue weighted by atomic mass is 32.2. The van der Waals surface area contributed by atoms with Crippen LogP contribution in [0, 0.1) is 0 Å². The summed E-state index contributed by atoms with van der Waals surface area (Å²) < 4.78 is 25.0. The van der Waals surface area contributed by atoms with Crippen molar-refractivity contribution in [2.75, 3.05) is 31.9 Å². The van der Waals surface area contributed by atoms with Crippen LogP contribution in [0.25, 0.3) is 0 Å². The smallest absolute Gasteiger partial charge is 0.317 e. The fourth-order valence-electron chi connectivity index (χ4n) is 2.34. The highest BCUT2D eigenvalue weighted by molar-refractivity contribution is 7.89. The summed E-state index contributed by atoms with van der Waals surface area (Å²) >= 11 is 0. The summed E-state index contributed by atoms with van der Waals surface area (Å²) in [5.41, 5.74) is 0.933. The molecule has 7 nitrogen and oxygen atoms in total.